The van der Waals surface area contributed by atoms with Crippen LogP contribution in [-0.4, -0.2) is 29.6 Å². The van der Waals surface area contributed by atoms with Gasteiger partial charge in [-0.1, -0.05) is 33.6 Å². The van der Waals surface area contributed by atoms with Crippen LogP contribution in [-0.2, 0) is 0 Å². The molecule has 1 aliphatic rings. The lowest BCUT2D eigenvalue weighted by atomic mass is 9.85. The van der Waals surface area contributed by atoms with E-state index >= 15 is 0 Å². The molecule has 0 bridgehead atoms. The zero-order valence-electron chi connectivity index (χ0n) is 10.0. The van der Waals surface area contributed by atoms with Crippen molar-refractivity contribution < 1.29 is 0 Å². The molecular formula is C12H25NS. The molecule has 1 nitrogen and oxygen atoms in total. The molecular weight excluding hydrogens is 190 g/mol. The van der Waals surface area contributed by atoms with Crippen LogP contribution < -0.4 is 0 Å². The zero-order valence-corrected chi connectivity index (χ0v) is 10.8. The van der Waals surface area contributed by atoms with Gasteiger partial charge in [0.05, 0.1) is 0 Å². The van der Waals surface area contributed by atoms with Crippen LogP contribution >= 0.6 is 11.8 Å². The number of nitrogens with zero attached hydrogens (tertiary/aromatic N) is 1. The minimum atomic E-state index is 0.569. The van der Waals surface area contributed by atoms with Crippen LogP contribution in [0.4, 0.5) is 0 Å². The molecule has 0 aliphatic carbocycles. The van der Waals surface area contributed by atoms with Gasteiger partial charge in [0.25, 0.3) is 0 Å². The van der Waals surface area contributed by atoms with Gasteiger partial charge in [-0.15, -0.1) is 11.8 Å². The maximum Gasteiger partial charge on any atom is 0.0445 e. The van der Waals surface area contributed by atoms with E-state index in [2.05, 4.69) is 37.4 Å². The van der Waals surface area contributed by atoms with Crippen molar-refractivity contribution in [2.24, 2.45) is 5.41 Å². The molecule has 1 heterocycles. The largest absolute Gasteiger partial charge is 0.293 e. The summed E-state index contributed by atoms with van der Waals surface area (Å²) in [6.07, 6.45) is 5.50. The predicted molar refractivity (Wildman–Crippen MR) is 66.8 cm³/mol. The summed E-state index contributed by atoms with van der Waals surface area (Å²) in [5.74, 6) is 2.62. The molecule has 0 radical (unpaired) electrons. The summed E-state index contributed by atoms with van der Waals surface area (Å²) in [5.41, 5.74) is 0.569. The van der Waals surface area contributed by atoms with Crippen LogP contribution in [0.2, 0.25) is 0 Å². The molecule has 0 saturated carbocycles. The van der Waals surface area contributed by atoms with Crippen molar-refractivity contribution in [3.8, 4) is 0 Å². The van der Waals surface area contributed by atoms with E-state index in [1.165, 1.54) is 50.4 Å². The highest BCUT2D eigenvalue weighted by atomic mass is 32.2. The summed E-state index contributed by atoms with van der Waals surface area (Å²) in [7, 11) is 0. The van der Waals surface area contributed by atoms with Crippen LogP contribution in [0.3, 0.4) is 0 Å². The first-order chi connectivity index (χ1) is 6.64. The third-order valence-electron chi connectivity index (χ3n) is 3.36. The fraction of sp³-hybridized carbons (Fsp3) is 1.00. The fourth-order valence-electron chi connectivity index (χ4n) is 1.74. The Morgan fingerprint density at radius 2 is 2.07 bits per heavy atom. The van der Waals surface area contributed by atoms with Crippen molar-refractivity contribution >= 4 is 11.8 Å². The quantitative estimate of drug-likeness (QED) is 0.623. The molecule has 1 saturated heterocycles. The van der Waals surface area contributed by atoms with Gasteiger partial charge in [0.1, 0.15) is 0 Å². The van der Waals surface area contributed by atoms with E-state index in [0.717, 1.165) is 0 Å². The molecule has 0 aromatic rings. The summed E-state index contributed by atoms with van der Waals surface area (Å²) < 4.78 is 0. The van der Waals surface area contributed by atoms with Gasteiger partial charge in [-0.25, -0.2) is 0 Å². The van der Waals surface area contributed by atoms with Gasteiger partial charge in [-0.3, -0.25) is 4.90 Å². The summed E-state index contributed by atoms with van der Waals surface area (Å²) in [6.45, 7) is 9.73. The average Bonchev–Trinajstić information content (AvgIpc) is 2.65. The van der Waals surface area contributed by atoms with Crippen LogP contribution in [0.5, 0.6) is 0 Å². The normalized spacial score (nSPS) is 19.1. The molecule has 1 aliphatic heterocycles. The summed E-state index contributed by atoms with van der Waals surface area (Å²) >= 11 is 2.08. The Morgan fingerprint density at radius 1 is 1.29 bits per heavy atom. The van der Waals surface area contributed by atoms with E-state index < -0.39 is 0 Å². The van der Waals surface area contributed by atoms with Gasteiger partial charge in [0, 0.05) is 18.2 Å². The maximum absolute atomic E-state index is 2.59. The van der Waals surface area contributed by atoms with Crippen LogP contribution in [0, 0.1) is 5.41 Å². The Labute approximate surface area is 93.6 Å². The Hall–Kier alpha value is 0.310. The number of hydrogen-bond acceptors (Lipinski definition) is 2. The van der Waals surface area contributed by atoms with Gasteiger partial charge >= 0.3 is 0 Å². The Morgan fingerprint density at radius 3 is 2.64 bits per heavy atom. The first kappa shape index (κ1) is 12.4. The molecule has 0 spiro atoms. The molecule has 0 amide bonds. The van der Waals surface area contributed by atoms with E-state index in [1.54, 1.807) is 0 Å². The zero-order chi connectivity index (χ0) is 10.4. The summed E-state index contributed by atoms with van der Waals surface area (Å²) in [6, 6.07) is 0. The lowest BCUT2D eigenvalue weighted by Gasteiger charge is -2.23. The van der Waals surface area contributed by atoms with E-state index in [1.807, 2.05) is 0 Å². The molecule has 84 valence electrons. The maximum atomic E-state index is 2.59. The molecule has 2 heteroatoms. The molecule has 1 fully saturated rings. The van der Waals surface area contributed by atoms with Crippen LogP contribution in [0.15, 0.2) is 0 Å². The highest BCUT2D eigenvalue weighted by molar-refractivity contribution is 7.99. The van der Waals surface area contributed by atoms with Gasteiger partial charge in [-0.2, -0.15) is 0 Å². The number of rotatable bonds is 6. The van der Waals surface area contributed by atoms with E-state index in [0.29, 0.717) is 5.41 Å². The van der Waals surface area contributed by atoms with E-state index in [4.69, 9.17) is 0 Å². The van der Waals surface area contributed by atoms with Gasteiger partial charge in [0.2, 0.25) is 0 Å². The standard InChI is InChI=1S/C12H25NS/c1-4-12(2,3)7-5-6-8-13-9-10-14-11-13/h4-11H2,1-3H3. The summed E-state index contributed by atoms with van der Waals surface area (Å²) in [4.78, 5) is 2.59. The Balaban J connectivity index is 1.98. The lowest BCUT2D eigenvalue weighted by Crippen LogP contribution is -2.21. The molecule has 14 heavy (non-hydrogen) atoms. The molecule has 1 rings (SSSR count). The van der Waals surface area contributed by atoms with Crippen LogP contribution in [0.1, 0.15) is 46.5 Å². The highest BCUT2D eigenvalue weighted by Crippen LogP contribution is 2.26. The van der Waals surface area contributed by atoms with Crippen molar-refractivity contribution in [2.75, 3.05) is 24.7 Å². The third-order valence-corrected chi connectivity index (χ3v) is 4.38. The van der Waals surface area contributed by atoms with Crippen molar-refractivity contribution in [3.05, 3.63) is 0 Å². The summed E-state index contributed by atoms with van der Waals surface area (Å²) in [5, 5.41) is 0. The first-order valence-corrected chi connectivity index (χ1v) is 7.09. The lowest BCUT2D eigenvalue weighted by molar-refractivity contribution is 0.288. The van der Waals surface area contributed by atoms with Crippen LogP contribution in [0.25, 0.3) is 0 Å². The average molecular weight is 215 g/mol. The highest BCUT2D eigenvalue weighted by Gasteiger charge is 2.15. The van der Waals surface area contributed by atoms with Crippen molar-refractivity contribution in [1.82, 2.24) is 4.90 Å². The van der Waals surface area contributed by atoms with Gasteiger partial charge in [0.15, 0.2) is 0 Å². The monoisotopic (exact) mass is 215 g/mol. The third kappa shape index (κ3) is 4.70. The Bertz CT molecular complexity index is 150. The van der Waals surface area contributed by atoms with E-state index in [9.17, 15) is 0 Å². The second-order valence-corrected chi connectivity index (χ2v) is 6.20. The molecule has 0 N–H and O–H groups in total. The second kappa shape index (κ2) is 6.02. The molecule has 0 aromatic carbocycles. The van der Waals surface area contributed by atoms with Crippen molar-refractivity contribution in [1.29, 1.82) is 0 Å². The molecule has 0 unspecified atom stereocenters. The number of hydrogen-bond donors (Lipinski definition) is 0. The minimum Gasteiger partial charge on any atom is -0.293 e. The SMILES string of the molecule is CCC(C)(C)CCCCN1CCSC1. The first-order valence-electron chi connectivity index (χ1n) is 5.94. The smallest absolute Gasteiger partial charge is 0.0445 e. The van der Waals surface area contributed by atoms with Crippen molar-refractivity contribution in [3.63, 3.8) is 0 Å². The number of unbranched alkanes of at least 4 members (excludes halogenated alkanes) is 1. The fourth-order valence-corrected chi connectivity index (χ4v) is 2.78. The minimum absolute atomic E-state index is 0.569. The molecule has 0 aromatic heterocycles. The second-order valence-electron chi connectivity index (χ2n) is 5.13. The Kier molecular flexibility index (Phi) is 5.32. The molecule has 0 atom stereocenters. The van der Waals surface area contributed by atoms with Gasteiger partial charge in [-0.05, 0) is 24.8 Å². The van der Waals surface area contributed by atoms with Gasteiger partial charge < -0.3 is 0 Å². The van der Waals surface area contributed by atoms with E-state index in [-0.39, 0.29) is 0 Å². The predicted octanol–water partition coefficient (Wildman–Crippen LogP) is 3.60. The van der Waals surface area contributed by atoms with Crippen molar-refractivity contribution in [2.45, 2.75) is 46.5 Å². The topological polar surface area (TPSA) is 3.24 Å². The number of thioether (sulfide) groups is 1.